The summed E-state index contributed by atoms with van der Waals surface area (Å²) in [4.78, 5) is 2.52. The summed E-state index contributed by atoms with van der Waals surface area (Å²) in [6, 6.07) is 0. The van der Waals surface area contributed by atoms with Crippen LogP contribution in [-0.4, -0.2) is 29.9 Å². The Balaban J connectivity index is 2.29. The van der Waals surface area contributed by atoms with Crippen molar-refractivity contribution in [2.24, 2.45) is 11.8 Å². The smallest absolute Gasteiger partial charge is 0.0489 e. The van der Waals surface area contributed by atoms with Gasteiger partial charge in [-0.2, -0.15) is 0 Å². The van der Waals surface area contributed by atoms with Crippen LogP contribution in [0.1, 0.15) is 33.6 Å². The van der Waals surface area contributed by atoms with E-state index in [1.54, 1.807) is 0 Å². The van der Waals surface area contributed by atoms with Crippen LogP contribution in [0.15, 0.2) is 0 Å². The third kappa shape index (κ3) is 3.47. The predicted octanol–water partition coefficient (Wildman–Crippen LogP) is 2.98. The van der Waals surface area contributed by atoms with Crippen LogP contribution in [-0.2, 0) is 0 Å². The number of rotatable bonds is 3. The molecule has 0 amide bonds. The van der Waals surface area contributed by atoms with Gasteiger partial charge < -0.3 is 4.90 Å². The molecule has 3 unspecified atom stereocenters. The first-order chi connectivity index (χ1) is 6.13. The van der Waals surface area contributed by atoms with Gasteiger partial charge in [0.2, 0.25) is 0 Å². The number of hydrogen-bond donors (Lipinski definition) is 0. The van der Waals surface area contributed by atoms with Crippen LogP contribution < -0.4 is 0 Å². The van der Waals surface area contributed by atoms with Crippen molar-refractivity contribution in [3.05, 3.63) is 0 Å². The maximum absolute atomic E-state index is 6.25. The second-order valence-corrected chi connectivity index (χ2v) is 5.12. The average molecular weight is 204 g/mol. The molecule has 1 saturated heterocycles. The topological polar surface area (TPSA) is 3.24 Å². The Morgan fingerprint density at radius 1 is 1.54 bits per heavy atom. The quantitative estimate of drug-likeness (QED) is 0.638. The number of nitrogens with zero attached hydrogens (tertiary/aromatic N) is 1. The third-order valence-electron chi connectivity index (χ3n) is 3.22. The lowest BCUT2D eigenvalue weighted by Crippen LogP contribution is -2.42. The Hall–Kier alpha value is 0.250. The van der Waals surface area contributed by atoms with Gasteiger partial charge in [0.15, 0.2) is 0 Å². The number of hydrogen-bond acceptors (Lipinski definition) is 1. The highest BCUT2D eigenvalue weighted by atomic mass is 35.5. The van der Waals surface area contributed by atoms with Gasteiger partial charge in [0, 0.05) is 18.5 Å². The Labute approximate surface area is 87.4 Å². The van der Waals surface area contributed by atoms with Crippen LogP contribution in [0.25, 0.3) is 0 Å². The fourth-order valence-corrected chi connectivity index (χ4v) is 2.14. The van der Waals surface area contributed by atoms with Gasteiger partial charge >= 0.3 is 0 Å². The van der Waals surface area contributed by atoms with Crippen LogP contribution in [0.5, 0.6) is 0 Å². The SMILES string of the molecule is CCC(C)CN1CCC(C)C(Cl)C1. The second kappa shape index (κ2) is 5.21. The second-order valence-electron chi connectivity index (χ2n) is 4.55. The summed E-state index contributed by atoms with van der Waals surface area (Å²) in [7, 11) is 0. The summed E-state index contributed by atoms with van der Waals surface area (Å²) < 4.78 is 0. The third-order valence-corrected chi connectivity index (χ3v) is 3.79. The number of alkyl halides is 1. The minimum Gasteiger partial charge on any atom is -0.302 e. The first kappa shape index (κ1) is 11.3. The van der Waals surface area contributed by atoms with E-state index < -0.39 is 0 Å². The lowest BCUT2D eigenvalue weighted by Gasteiger charge is -2.35. The molecule has 0 aromatic rings. The normalized spacial score (nSPS) is 33.2. The summed E-state index contributed by atoms with van der Waals surface area (Å²) in [6.45, 7) is 10.4. The molecule has 13 heavy (non-hydrogen) atoms. The van der Waals surface area contributed by atoms with Crippen LogP contribution >= 0.6 is 11.6 Å². The molecule has 1 rings (SSSR count). The van der Waals surface area contributed by atoms with Crippen LogP contribution in [0.2, 0.25) is 0 Å². The van der Waals surface area contributed by atoms with Crippen molar-refractivity contribution in [2.75, 3.05) is 19.6 Å². The molecular formula is C11H22ClN. The molecule has 0 aromatic carbocycles. The Morgan fingerprint density at radius 3 is 2.77 bits per heavy atom. The zero-order valence-corrected chi connectivity index (χ0v) is 9.85. The van der Waals surface area contributed by atoms with E-state index in [1.165, 1.54) is 25.9 Å². The van der Waals surface area contributed by atoms with Gasteiger partial charge in [0.1, 0.15) is 0 Å². The molecule has 0 saturated carbocycles. The largest absolute Gasteiger partial charge is 0.302 e. The molecule has 1 heterocycles. The lowest BCUT2D eigenvalue weighted by atomic mass is 9.97. The molecular weight excluding hydrogens is 182 g/mol. The molecule has 0 radical (unpaired) electrons. The van der Waals surface area contributed by atoms with E-state index in [4.69, 9.17) is 11.6 Å². The molecule has 1 nitrogen and oxygen atoms in total. The number of piperidine rings is 1. The number of halogens is 1. The van der Waals surface area contributed by atoms with Crippen molar-refractivity contribution >= 4 is 11.6 Å². The van der Waals surface area contributed by atoms with E-state index >= 15 is 0 Å². The summed E-state index contributed by atoms with van der Waals surface area (Å²) in [6.07, 6.45) is 2.55. The van der Waals surface area contributed by atoms with Gasteiger partial charge in [0.25, 0.3) is 0 Å². The van der Waals surface area contributed by atoms with Crippen molar-refractivity contribution in [3.8, 4) is 0 Å². The van der Waals surface area contributed by atoms with Gasteiger partial charge in [-0.25, -0.2) is 0 Å². The molecule has 3 atom stereocenters. The number of likely N-dealkylation sites (tertiary alicyclic amines) is 1. The van der Waals surface area contributed by atoms with E-state index in [9.17, 15) is 0 Å². The van der Waals surface area contributed by atoms with E-state index in [2.05, 4.69) is 25.7 Å². The Morgan fingerprint density at radius 2 is 2.23 bits per heavy atom. The molecule has 0 N–H and O–H groups in total. The van der Waals surface area contributed by atoms with Gasteiger partial charge in [-0.05, 0) is 24.8 Å². The molecule has 0 aromatic heterocycles. The van der Waals surface area contributed by atoms with Crippen molar-refractivity contribution in [1.82, 2.24) is 4.90 Å². The molecule has 0 bridgehead atoms. The van der Waals surface area contributed by atoms with Crippen molar-refractivity contribution in [3.63, 3.8) is 0 Å². The molecule has 1 fully saturated rings. The highest BCUT2D eigenvalue weighted by molar-refractivity contribution is 6.21. The fraction of sp³-hybridized carbons (Fsp3) is 1.00. The zero-order valence-electron chi connectivity index (χ0n) is 9.09. The van der Waals surface area contributed by atoms with Crippen molar-refractivity contribution < 1.29 is 0 Å². The van der Waals surface area contributed by atoms with Gasteiger partial charge in [0.05, 0.1) is 0 Å². The molecule has 0 spiro atoms. The Kier molecular flexibility index (Phi) is 4.54. The highest BCUT2D eigenvalue weighted by Crippen LogP contribution is 2.22. The fourth-order valence-electron chi connectivity index (χ4n) is 1.82. The van der Waals surface area contributed by atoms with Crippen molar-refractivity contribution in [2.45, 2.75) is 39.0 Å². The summed E-state index contributed by atoms with van der Waals surface area (Å²) >= 11 is 6.25. The minimum absolute atomic E-state index is 0.373. The molecule has 1 aliphatic rings. The van der Waals surface area contributed by atoms with E-state index in [1.807, 2.05) is 0 Å². The van der Waals surface area contributed by atoms with Gasteiger partial charge in [-0.3, -0.25) is 0 Å². The lowest BCUT2D eigenvalue weighted by molar-refractivity contribution is 0.173. The minimum atomic E-state index is 0.373. The summed E-state index contributed by atoms with van der Waals surface area (Å²) in [5.74, 6) is 1.52. The molecule has 78 valence electrons. The summed E-state index contributed by atoms with van der Waals surface area (Å²) in [5, 5.41) is 0.373. The van der Waals surface area contributed by atoms with Crippen LogP contribution in [0.4, 0.5) is 0 Å². The van der Waals surface area contributed by atoms with Crippen LogP contribution in [0, 0.1) is 11.8 Å². The van der Waals surface area contributed by atoms with Gasteiger partial charge in [-0.15, -0.1) is 11.6 Å². The first-order valence-corrected chi connectivity index (χ1v) is 5.93. The van der Waals surface area contributed by atoms with E-state index in [0.29, 0.717) is 11.3 Å². The monoisotopic (exact) mass is 203 g/mol. The van der Waals surface area contributed by atoms with Gasteiger partial charge in [-0.1, -0.05) is 27.2 Å². The maximum atomic E-state index is 6.25. The highest BCUT2D eigenvalue weighted by Gasteiger charge is 2.24. The summed E-state index contributed by atoms with van der Waals surface area (Å²) in [5.41, 5.74) is 0. The Bertz CT molecular complexity index is 147. The van der Waals surface area contributed by atoms with Crippen molar-refractivity contribution in [1.29, 1.82) is 0 Å². The molecule has 2 heteroatoms. The van der Waals surface area contributed by atoms with E-state index in [-0.39, 0.29) is 0 Å². The molecule has 1 aliphatic heterocycles. The molecule has 0 aliphatic carbocycles. The first-order valence-electron chi connectivity index (χ1n) is 5.50. The standard InChI is InChI=1S/C11H22ClN/c1-4-9(2)7-13-6-5-10(3)11(12)8-13/h9-11H,4-8H2,1-3H3. The maximum Gasteiger partial charge on any atom is 0.0489 e. The predicted molar refractivity (Wildman–Crippen MR) is 59.3 cm³/mol. The van der Waals surface area contributed by atoms with Crippen LogP contribution in [0.3, 0.4) is 0 Å². The van der Waals surface area contributed by atoms with E-state index in [0.717, 1.165) is 12.5 Å². The average Bonchev–Trinajstić information content (AvgIpc) is 2.11. The zero-order chi connectivity index (χ0) is 9.84.